The number of fused-ring (bicyclic) bond motifs is 1. The summed E-state index contributed by atoms with van der Waals surface area (Å²) in [6.07, 6.45) is 1.46. The number of aryl methyl sites for hydroxylation is 2. The van der Waals surface area contributed by atoms with Gasteiger partial charge in [-0.2, -0.15) is 9.78 Å². The second kappa shape index (κ2) is 8.40. The zero-order valence-electron chi connectivity index (χ0n) is 18.1. The molecule has 11 heteroatoms. The second-order valence-electron chi connectivity index (χ2n) is 7.64. The summed E-state index contributed by atoms with van der Waals surface area (Å²) in [4.78, 5) is 25.9. The molecular formula is C23H17F5N4O2. The summed E-state index contributed by atoms with van der Waals surface area (Å²) in [6, 6.07) is 7.47. The molecule has 0 bridgehead atoms. The molecule has 1 amide bonds. The molecule has 0 saturated heterocycles. The van der Waals surface area contributed by atoms with E-state index < -0.39 is 52.3 Å². The average molecular weight is 476 g/mol. The Morgan fingerprint density at radius 2 is 1.47 bits per heavy atom. The van der Waals surface area contributed by atoms with Gasteiger partial charge in [-0.15, -0.1) is 0 Å². The molecule has 0 unspecified atom stereocenters. The second-order valence-corrected chi connectivity index (χ2v) is 7.64. The van der Waals surface area contributed by atoms with E-state index in [1.54, 1.807) is 49.5 Å². The largest absolute Gasteiger partial charge is 0.336 e. The molecule has 2 aromatic heterocycles. The molecule has 0 aliphatic carbocycles. The monoisotopic (exact) mass is 476 g/mol. The molecule has 4 aromatic rings. The quantitative estimate of drug-likeness (QED) is 0.264. The lowest BCUT2D eigenvalue weighted by molar-refractivity contribution is -0.118. The summed E-state index contributed by atoms with van der Waals surface area (Å²) in [5, 5.41) is 6.69. The van der Waals surface area contributed by atoms with E-state index in [4.69, 9.17) is 0 Å². The predicted molar refractivity (Wildman–Crippen MR) is 114 cm³/mol. The fourth-order valence-corrected chi connectivity index (χ4v) is 3.97. The Kier molecular flexibility index (Phi) is 5.72. The zero-order chi connectivity index (χ0) is 24.9. The predicted octanol–water partition coefficient (Wildman–Crippen LogP) is 4.70. The molecule has 2 aromatic carbocycles. The van der Waals surface area contributed by atoms with E-state index in [-0.39, 0.29) is 5.39 Å². The van der Waals surface area contributed by atoms with Gasteiger partial charge in [-0.1, -0.05) is 18.2 Å². The number of nitrogens with one attached hydrogen (secondary N) is 1. The van der Waals surface area contributed by atoms with Crippen molar-refractivity contribution in [3.63, 3.8) is 0 Å². The molecule has 0 radical (unpaired) electrons. The smallest absolute Gasteiger partial charge is 0.281 e. The van der Waals surface area contributed by atoms with Crippen LogP contribution >= 0.6 is 0 Å². The third kappa shape index (κ3) is 3.44. The van der Waals surface area contributed by atoms with Gasteiger partial charge in [0.25, 0.3) is 5.56 Å². The van der Waals surface area contributed by atoms with Crippen molar-refractivity contribution in [3.8, 4) is 5.69 Å². The lowest BCUT2D eigenvalue weighted by Crippen LogP contribution is -2.27. The van der Waals surface area contributed by atoms with E-state index >= 15 is 0 Å². The third-order valence-electron chi connectivity index (χ3n) is 5.68. The summed E-state index contributed by atoms with van der Waals surface area (Å²) < 4.78 is 71.0. The number of amides is 1. The summed E-state index contributed by atoms with van der Waals surface area (Å²) in [5.41, 5.74) is -0.554. The van der Waals surface area contributed by atoms with Gasteiger partial charge in [0.2, 0.25) is 11.7 Å². The minimum atomic E-state index is -2.33. The first kappa shape index (κ1) is 23.1. The van der Waals surface area contributed by atoms with E-state index in [9.17, 15) is 31.5 Å². The van der Waals surface area contributed by atoms with Crippen molar-refractivity contribution in [2.75, 3.05) is 5.32 Å². The number of rotatable bonds is 4. The highest BCUT2D eigenvalue weighted by atomic mass is 19.2. The molecule has 176 valence electrons. The molecule has 0 aliphatic rings. The van der Waals surface area contributed by atoms with Gasteiger partial charge in [-0.05, 0) is 32.9 Å². The molecule has 0 spiro atoms. The van der Waals surface area contributed by atoms with Crippen molar-refractivity contribution in [1.82, 2.24) is 14.3 Å². The van der Waals surface area contributed by atoms with Crippen molar-refractivity contribution in [3.05, 3.63) is 87.4 Å². The van der Waals surface area contributed by atoms with Gasteiger partial charge < -0.3 is 9.88 Å². The van der Waals surface area contributed by atoms with Crippen LogP contribution < -0.4 is 10.9 Å². The first-order valence-corrected chi connectivity index (χ1v) is 10.0. The van der Waals surface area contributed by atoms with Gasteiger partial charge in [0.05, 0.1) is 17.3 Å². The number of hydrogen-bond donors (Lipinski definition) is 1. The number of hydrogen-bond acceptors (Lipinski definition) is 3. The van der Waals surface area contributed by atoms with Crippen LogP contribution in [0.4, 0.5) is 27.6 Å². The van der Waals surface area contributed by atoms with Crippen LogP contribution in [0.1, 0.15) is 24.4 Å². The Morgan fingerprint density at radius 1 is 0.912 bits per heavy atom. The first-order chi connectivity index (χ1) is 16.1. The Labute approximate surface area is 189 Å². The Morgan fingerprint density at radius 3 is 2.06 bits per heavy atom. The number of carbonyl (C=O) groups excluding carboxylic acids is 1. The highest BCUT2D eigenvalue weighted by Crippen LogP contribution is 2.30. The Hall–Kier alpha value is -4.02. The lowest BCUT2D eigenvalue weighted by Gasteiger charge is -2.19. The van der Waals surface area contributed by atoms with Crippen molar-refractivity contribution in [2.24, 2.45) is 0 Å². The zero-order valence-corrected chi connectivity index (χ0v) is 18.1. The van der Waals surface area contributed by atoms with Gasteiger partial charge in [-0.3, -0.25) is 9.59 Å². The van der Waals surface area contributed by atoms with Crippen molar-refractivity contribution in [1.29, 1.82) is 0 Å². The third-order valence-corrected chi connectivity index (χ3v) is 5.68. The molecule has 0 fully saturated rings. The molecule has 1 N–H and O–H groups in total. The number of carbonyl (C=O) groups is 1. The molecule has 34 heavy (non-hydrogen) atoms. The van der Waals surface area contributed by atoms with E-state index in [2.05, 4.69) is 5.10 Å². The van der Waals surface area contributed by atoms with E-state index in [1.807, 2.05) is 0 Å². The van der Waals surface area contributed by atoms with Gasteiger partial charge >= 0.3 is 0 Å². The van der Waals surface area contributed by atoms with E-state index in [0.29, 0.717) is 22.5 Å². The van der Waals surface area contributed by atoms with Crippen LogP contribution in [0.5, 0.6) is 0 Å². The first-order valence-electron chi connectivity index (χ1n) is 10.0. The topological polar surface area (TPSA) is 68.9 Å². The van der Waals surface area contributed by atoms with Crippen LogP contribution in [-0.2, 0) is 4.79 Å². The van der Waals surface area contributed by atoms with Crippen molar-refractivity contribution in [2.45, 2.75) is 26.8 Å². The minimum absolute atomic E-state index is 0.271. The number of nitrogens with zero attached hydrogens (tertiary/aromatic N) is 3. The van der Waals surface area contributed by atoms with Crippen LogP contribution in [-0.4, -0.2) is 20.3 Å². The van der Waals surface area contributed by atoms with Crippen molar-refractivity contribution >= 4 is 22.4 Å². The van der Waals surface area contributed by atoms with Gasteiger partial charge in [0, 0.05) is 16.8 Å². The molecule has 0 aliphatic heterocycles. The van der Waals surface area contributed by atoms with Crippen molar-refractivity contribution < 1.29 is 26.7 Å². The number of halogens is 5. The summed E-state index contributed by atoms with van der Waals surface area (Å²) in [5.74, 6) is -12.0. The summed E-state index contributed by atoms with van der Waals surface area (Å²) in [6.45, 7) is 4.56. The average Bonchev–Trinajstić information content (AvgIpc) is 3.09. The van der Waals surface area contributed by atoms with Crippen LogP contribution in [0.2, 0.25) is 0 Å². The highest BCUT2D eigenvalue weighted by Gasteiger charge is 2.29. The summed E-state index contributed by atoms with van der Waals surface area (Å²) in [7, 11) is 0. The maximum absolute atomic E-state index is 14.0. The van der Waals surface area contributed by atoms with Gasteiger partial charge in [0.1, 0.15) is 11.7 Å². The normalized spacial score (nSPS) is 12.2. The Bertz CT molecular complexity index is 1480. The maximum atomic E-state index is 14.0. The number of anilines is 1. The standard InChI is InChI=1S/C23H17F5N4O2/c1-10-14-9-29-32(13-7-5-4-6-8-13)23(34)15(14)11(2)31(10)12(3)22(33)30-21-19(27)17(25)16(24)18(26)20(21)28/h4-9,12H,1-3H3,(H,30,33)/t12-/m0/s1. The summed E-state index contributed by atoms with van der Waals surface area (Å²) >= 11 is 0. The van der Waals surface area contributed by atoms with Crippen LogP contribution in [0.15, 0.2) is 41.3 Å². The van der Waals surface area contributed by atoms with Gasteiger partial charge in [0.15, 0.2) is 23.3 Å². The maximum Gasteiger partial charge on any atom is 0.281 e. The number of benzene rings is 2. The highest BCUT2D eigenvalue weighted by molar-refractivity contribution is 5.95. The van der Waals surface area contributed by atoms with Crippen LogP contribution in [0.3, 0.4) is 0 Å². The molecule has 2 heterocycles. The van der Waals surface area contributed by atoms with Crippen LogP contribution in [0, 0.1) is 42.9 Å². The Balaban J connectivity index is 1.78. The SMILES string of the molecule is Cc1c2cnn(-c3ccccc3)c(=O)c2c(C)n1[C@@H](C)C(=O)Nc1c(F)c(F)c(F)c(F)c1F. The lowest BCUT2D eigenvalue weighted by atomic mass is 10.2. The van der Waals surface area contributed by atoms with E-state index in [0.717, 1.165) is 0 Å². The molecule has 0 saturated carbocycles. The van der Waals surface area contributed by atoms with E-state index in [1.165, 1.54) is 22.4 Å². The molecule has 1 atom stereocenters. The minimum Gasteiger partial charge on any atom is -0.336 e. The molecule has 6 nitrogen and oxygen atoms in total. The number of aromatic nitrogens is 3. The van der Waals surface area contributed by atoms with Crippen LogP contribution in [0.25, 0.3) is 16.5 Å². The fraction of sp³-hybridized carbons (Fsp3) is 0.174. The number of para-hydroxylation sites is 1. The molecule has 4 rings (SSSR count). The van der Waals surface area contributed by atoms with Gasteiger partial charge in [-0.25, -0.2) is 22.0 Å². The fourth-order valence-electron chi connectivity index (χ4n) is 3.97. The molecular weight excluding hydrogens is 459 g/mol.